The SMILES string of the molecule is CC(C)N1C(=O)N(CC2CCO2)CC12CC1CCC(C2)N1CC[C@H](NC(=O)C1CCC(F)(F)CC1)c1ccccc1.Cl. The number of alkyl halides is 2. The molecule has 7 nitrogen and oxygen atoms in total. The molecule has 234 valence electrons. The van der Waals surface area contributed by atoms with Gasteiger partial charge in [-0.1, -0.05) is 30.3 Å². The zero-order valence-corrected chi connectivity index (χ0v) is 25.8. The van der Waals surface area contributed by atoms with Crippen molar-refractivity contribution < 1.29 is 23.1 Å². The number of halogens is 3. The maximum atomic E-state index is 13.7. The van der Waals surface area contributed by atoms with Crippen molar-refractivity contribution in [3.05, 3.63) is 35.9 Å². The Hall–Kier alpha value is -1.97. The van der Waals surface area contributed by atoms with Gasteiger partial charge in [0.15, 0.2) is 0 Å². The molecule has 1 spiro atoms. The number of amides is 3. The normalized spacial score (nSPS) is 31.7. The fourth-order valence-corrected chi connectivity index (χ4v) is 8.42. The number of piperidine rings is 1. The van der Waals surface area contributed by atoms with E-state index in [1.54, 1.807) is 0 Å². The van der Waals surface area contributed by atoms with E-state index in [1.807, 2.05) is 35.2 Å². The Bertz CT molecular complexity index is 1080. The highest BCUT2D eigenvalue weighted by Crippen LogP contribution is 2.48. The van der Waals surface area contributed by atoms with Gasteiger partial charge in [0.2, 0.25) is 11.8 Å². The first-order chi connectivity index (χ1) is 19.6. The van der Waals surface area contributed by atoms with Crippen LogP contribution in [0, 0.1) is 5.92 Å². The summed E-state index contributed by atoms with van der Waals surface area (Å²) in [6.45, 7) is 7.42. The van der Waals surface area contributed by atoms with E-state index in [4.69, 9.17) is 4.74 Å². The van der Waals surface area contributed by atoms with E-state index >= 15 is 0 Å². The second-order valence-electron chi connectivity index (χ2n) is 13.6. The predicted molar refractivity (Wildman–Crippen MR) is 160 cm³/mol. The highest BCUT2D eigenvalue weighted by Gasteiger charge is 2.58. The molecule has 1 aromatic carbocycles. The minimum absolute atomic E-state index is 0. The summed E-state index contributed by atoms with van der Waals surface area (Å²) < 4.78 is 33.1. The summed E-state index contributed by atoms with van der Waals surface area (Å²) in [5.74, 6) is -3.08. The van der Waals surface area contributed by atoms with Crippen LogP contribution in [0.25, 0.3) is 0 Å². The molecule has 6 rings (SSSR count). The quantitative estimate of drug-likeness (QED) is 0.386. The summed E-state index contributed by atoms with van der Waals surface area (Å²) in [6, 6.07) is 11.0. The number of benzene rings is 1. The van der Waals surface area contributed by atoms with Crippen molar-refractivity contribution in [3.63, 3.8) is 0 Å². The third-order valence-corrected chi connectivity index (χ3v) is 10.5. The van der Waals surface area contributed by atoms with Gasteiger partial charge in [-0.3, -0.25) is 9.69 Å². The molecule has 3 amide bonds. The van der Waals surface area contributed by atoms with Gasteiger partial charge in [-0.2, -0.15) is 0 Å². The minimum Gasteiger partial charge on any atom is -0.376 e. The molecule has 1 aliphatic carbocycles. The van der Waals surface area contributed by atoms with Crippen LogP contribution in [0.4, 0.5) is 13.6 Å². The minimum atomic E-state index is -2.64. The molecule has 2 bridgehead atoms. The van der Waals surface area contributed by atoms with Crippen LogP contribution in [0.3, 0.4) is 0 Å². The molecule has 42 heavy (non-hydrogen) atoms. The third-order valence-electron chi connectivity index (χ3n) is 10.5. The van der Waals surface area contributed by atoms with Crippen LogP contribution in [0.1, 0.15) is 89.7 Å². The van der Waals surface area contributed by atoms with E-state index in [1.165, 1.54) is 0 Å². The van der Waals surface area contributed by atoms with Crippen molar-refractivity contribution in [1.29, 1.82) is 0 Å². The summed E-state index contributed by atoms with van der Waals surface area (Å²) in [4.78, 5) is 33.6. The summed E-state index contributed by atoms with van der Waals surface area (Å²) in [5, 5.41) is 3.25. The van der Waals surface area contributed by atoms with Gasteiger partial charge in [0.1, 0.15) is 0 Å². The largest absolute Gasteiger partial charge is 0.376 e. The molecule has 4 heterocycles. The molecular weight excluding hydrogens is 562 g/mol. The van der Waals surface area contributed by atoms with Gasteiger partial charge < -0.3 is 19.9 Å². The molecule has 3 unspecified atom stereocenters. The number of hydrogen-bond acceptors (Lipinski definition) is 4. The van der Waals surface area contributed by atoms with Crippen molar-refractivity contribution in [2.24, 2.45) is 5.92 Å². The van der Waals surface area contributed by atoms with Gasteiger partial charge in [0, 0.05) is 63.1 Å². The van der Waals surface area contributed by atoms with Gasteiger partial charge in [0.25, 0.3) is 0 Å². The maximum absolute atomic E-state index is 13.7. The lowest BCUT2D eigenvalue weighted by Gasteiger charge is -2.49. The summed E-state index contributed by atoms with van der Waals surface area (Å²) in [6.07, 6.45) is 6.29. The highest BCUT2D eigenvalue weighted by molar-refractivity contribution is 5.85. The second-order valence-corrected chi connectivity index (χ2v) is 13.6. The average Bonchev–Trinajstić information content (AvgIpc) is 3.32. The number of urea groups is 1. The van der Waals surface area contributed by atoms with Crippen LogP contribution in [0.15, 0.2) is 30.3 Å². The van der Waals surface area contributed by atoms with Crippen molar-refractivity contribution in [3.8, 4) is 0 Å². The zero-order valence-electron chi connectivity index (χ0n) is 25.0. The molecule has 4 saturated heterocycles. The molecule has 1 N–H and O–H groups in total. The lowest BCUT2D eigenvalue weighted by atomic mass is 9.81. The fourth-order valence-electron chi connectivity index (χ4n) is 8.42. The molecule has 1 saturated carbocycles. The van der Waals surface area contributed by atoms with Crippen LogP contribution >= 0.6 is 12.4 Å². The number of nitrogens with zero attached hydrogens (tertiary/aromatic N) is 3. The standard InChI is InChI=1S/C32H46F2N4O3.ClH/c1-22(2)38-30(40)36(20-27-13-17-41-27)21-31(38)18-25-8-9-26(19-31)37(25)16-12-28(23-6-4-3-5-7-23)35-29(39)24-10-14-32(33,34)15-11-24;/h3-7,22,24-28H,8-21H2,1-2H3,(H,35,39);1H/t25?,26?,27?,28-,31?;/m0./s1. The first-order valence-corrected chi connectivity index (χ1v) is 15.8. The van der Waals surface area contributed by atoms with Crippen molar-refractivity contribution in [1.82, 2.24) is 20.0 Å². The fraction of sp³-hybridized carbons (Fsp3) is 0.750. The number of hydrogen-bond donors (Lipinski definition) is 1. The van der Waals surface area contributed by atoms with Crippen LogP contribution in [-0.2, 0) is 9.53 Å². The first-order valence-electron chi connectivity index (χ1n) is 15.8. The molecule has 1 aromatic rings. The molecule has 0 aromatic heterocycles. The maximum Gasteiger partial charge on any atom is 0.320 e. The zero-order chi connectivity index (χ0) is 28.8. The van der Waals surface area contributed by atoms with Gasteiger partial charge in [-0.05, 0) is 70.8 Å². The Kier molecular flexibility index (Phi) is 9.41. The van der Waals surface area contributed by atoms with E-state index in [0.29, 0.717) is 18.6 Å². The summed E-state index contributed by atoms with van der Waals surface area (Å²) in [7, 11) is 0. The Balaban J connectivity index is 0.00000353. The van der Waals surface area contributed by atoms with E-state index in [2.05, 4.69) is 29.0 Å². The Morgan fingerprint density at radius 3 is 2.26 bits per heavy atom. The Morgan fingerprint density at radius 1 is 1.05 bits per heavy atom. The Labute approximate surface area is 255 Å². The van der Waals surface area contributed by atoms with E-state index in [9.17, 15) is 18.4 Å². The van der Waals surface area contributed by atoms with Gasteiger partial charge in [0.05, 0.1) is 17.7 Å². The van der Waals surface area contributed by atoms with E-state index in [0.717, 1.165) is 63.8 Å². The number of carbonyl (C=O) groups is 2. The molecule has 4 atom stereocenters. The van der Waals surface area contributed by atoms with Crippen LogP contribution in [-0.4, -0.2) is 88.6 Å². The first kappa shape index (κ1) is 31.5. The average molecular weight is 609 g/mol. The number of nitrogens with one attached hydrogen (secondary N) is 1. The number of carbonyl (C=O) groups excluding carboxylic acids is 2. The third kappa shape index (κ3) is 6.29. The van der Waals surface area contributed by atoms with Crippen molar-refractivity contribution in [2.45, 2.75) is 120 Å². The van der Waals surface area contributed by atoms with Crippen molar-refractivity contribution in [2.75, 3.05) is 26.2 Å². The van der Waals surface area contributed by atoms with Crippen LogP contribution in [0.2, 0.25) is 0 Å². The van der Waals surface area contributed by atoms with Crippen LogP contribution in [0.5, 0.6) is 0 Å². The summed E-state index contributed by atoms with van der Waals surface area (Å²) in [5.41, 5.74) is 0.928. The molecular formula is C32H47ClF2N4O3. The smallest absolute Gasteiger partial charge is 0.320 e. The number of fused-ring (bicyclic) bond motifs is 2. The van der Waals surface area contributed by atoms with E-state index in [-0.39, 0.29) is 79.7 Å². The predicted octanol–water partition coefficient (Wildman–Crippen LogP) is 5.78. The lowest BCUT2D eigenvalue weighted by molar-refractivity contribution is -0.130. The monoisotopic (exact) mass is 608 g/mol. The van der Waals surface area contributed by atoms with Crippen LogP contribution < -0.4 is 5.32 Å². The van der Waals surface area contributed by atoms with Gasteiger partial charge in [-0.25, -0.2) is 13.6 Å². The van der Waals surface area contributed by atoms with Gasteiger partial charge in [-0.15, -0.1) is 12.4 Å². The second kappa shape index (κ2) is 12.6. The number of ether oxygens (including phenoxy) is 1. The van der Waals surface area contributed by atoms with Gasteiger partial charge >= 0.3 is 6.03 Å². The number of rotatable bonds is 9. The molecule has 5 fully saturated rings. The van der Waals surface area contributed by atoms with Crippen molar-refractivity contribution >= 4 is 24.3 Å². The Morgan fingerprint density at radius 2 is 1.69 bits per heavy atom. The molecule has 0 radical (unpaired) electrons. The molecule has 4 aliphatic heterocycles. The summed E-state index contributed by atoms with van der Waals surface area (Å²) >= 11 is 0. The highest BCUT2D eigenvalue weighted by atomic mass is 35.5. The van der Waals surface area contributed by atoms with E-state index < -0.39 is 5.92 Å². The topological polar surface area (TPSA) is 65.1 Å². The molecule has 5 aliphatic rings. The molecule has 10 heteroatoms. The lowest BCUT2D eigenvalue weighted by Crippen LogP contribution is -2.60.